The molecule has 0 spiro atoms. The molecule has 0 bridgehead atoms. The van der Waals surface area contributed by atoms with Crippen LogP contribution in [0.2, 0.25) is 0 Å². The van der Waals surface area contributed by atoms with E-state index in [9.17, 15) is 19.2 Å². The zero-order valence-corrected chi connectivity index (χ0v) is 27.3. The molecule has 48 heavy (non-hydrogen) atoms. The third kappa shape index (κ3) is 8.03. The number of aromatic nitrogens is 1. The van der Waals surface area contributed by atoms with Crippen LogP contribution >= 0.6 is 0 Å². The molecule has 4 aromatic rings. The first-order valence-electron chi connectivity index (χ1n) is 16.9. The third-order valence-corrected chi connectivity index (χ3v) is 9.74. The topological polar surface area (TPSA) is 171 Å². The molecular weight excluding hydrogens is 608 g/mol. The van der Waals surface area contributed by atoms with Crippen molar-refractivity contribution in [3.63, 3.8) is 0 Å². The summed E-state index contributed by atoms with van der Waals surface area (Å²) >= 11 is 0. The number of aryl methyl sites for hydroxylation is 1. The fraction of sp³-hybridized carbons (Fsp3) is 0.405. The van der Waals surface area contributed by atoms with Crippen LogP contribution in [0.1, 0.15) is 60.0 Å². The zero-order chi connectivity index (χ0) is 33.6. The molecule has 1 saturated heterocycles. The second-order valence-electron chi connectivity index (χ2n) is 13.2. The van der Waals surface area contributed by atoms with Gasteiger partial charge in [0.05, 0.1) is 5.52 Å². The molecule has 3 amide bonds. The van der Waals surface area contributed by atoms with Crippen LogP contribution in [0, 0.1) is 18.8 Å². The van der Waals surface area contributed by atoms with Crippen LogP contribution in [0.15, 0.2) is 69.9 Å². The summed E-state index contributed by atoms with van der Waals surface area (Å²) in [5.41, 5.74) is 11.7. The lowest BCUT2D eigenvalue weighted by Gasteiger charge is -2.28. The first-order chi connectivity index (χ1) is 23.2. The van der Waals surface area contributed by atoms with E-state index in [0.29, 0.717) is 34.8 Å². The number of amides is 3. The first-order valence-corrected chi connectivity index (χ1v) is 16.9. The minimum absolute atomic E-state index is 0.0525. The van der Waals surface area contributed by atoms with Gasteiger partial charge < -0.3 is 31.4 Å². The van der Waals surface area contributed by atoms with Gasteiger partial charge in [0.15, 0.2) is 5.58 Å². The lowest BCUT2D eigenvalue weighted by Crippen LogP contribution is -2.48. The Morgan fingerprint density at radius 1 is 0.938 bits per heavy atom. The maximum absolute atomic E-state index is 13.6. The standard InChI is InChI=1S/C37H44N6O5/c1-22-18-27(35(45)40-28-14-16-39-17-15-28)10-12-30(22)25-6-2-23(3-7-25)19-32(42-34(44)26-8-4-24(21-38)5-9-26)36(46)41-29-11-13-31-33(20-29)48-37(47)43-31/h2-3,6-7,10-13,18,20,24,26,28,32,39H,4-5,8-9,14-17,19,21,38H2,1H3,(H,40,45)(H,41,46)(H,42,44)(H,43,47)/t24?,26?,32-/m0/s1. The van der Waals surface area contributed by atoms with Crippen molar-refractivity contribution in [2.75, 3.05) is 25.0 Å². The molecule has 2 fully saturated rings. The van der Waals surface area contributed by atoms with Gasteiger partial charge in [-0.2, -0.15) is 0 Å². The van der Waals surface area contributed by atoms with Gasteiger partial charge in [-0.3, -0.25) is 19.4 Å². The summed E-state index contributed by atoms with van der Waals surface area (Å²) in [5, 5.41) is 12.4. The zero-order valence-electron chi connectivity index (χ0n) is 27.3. The summed E-state index contributed by atoms with van der Waals surface area (Å²) in [6, 6.07) is 18.0. The molecule has 1 aromatic heterocycles. The van der Waals surface area contributed by atoms with Crippen LogP contribution in [0.3, 0.4) is 0 Å². The summed E-state index contributed by atoms with van der Waals surface area (Å²) < 4.78 is 5.15. The number of oxazole rings is 1. The van der Waals surface area contributed by atoms with Gasteiger partial charge in [-0.05, 0) is 118 Å². The summed E-state index contributed by atoms with van der Waals surface area (Å²) in [6.45, 7) is 4.45. The van der Waals surface area contributed by atoms with E-state index in [-0.39, 0.29) is 36.1 Å². The molecule has 11 heteroatoms. The summed E-state index contributed by atoms with van der Waals surface area (Å²) in [4.78, 5) is 54.1. The smallest absolute Gasteiger partial charge is 0.408 e. The van der Waals surface area contributed by atoms with Crippen LogP contribution in [-0.4, -0.2) is 54.4 Å². The molecular formula is C37H44N6O5. The van der Waals surface area contributed by atoms with Gasteiger partial charge in [-0.1, -0.05) is 30.3 Å². The van der Waals surface area contributed by atoms with Crippen molar-refractivity contribution in [3.8, 4) is 11.1 Å². The molecule has 1 aliphatic carbocycles. The number of rotatable bonds is 10. The van der Waals surface area contributed by atoms with E-state index < -0.39 is 11.8 Å². The van der Waals surface area contributed by atoms with Crippen LogP contribution in [0.25, 0.3) is 22.2 Å². The van der Waals surface area contributed by atoms with E-state index in [2.05, 4.69) is 26.3 Å². The van der Waals surface area contributed by atoms with E-state index >= 15 is 0 Å². The van der Waals surface area contributed by atoms with Crippen LogP contribution in [-0.2, 0) is 16.0 Å². The molecule has 11 nitrogen and oxygen atoms in total. The number of anilines is 1. The average Bonchev–Trinajstić information content (AvgIpc) is 3.48. The van der Waals surface area contributed by atoms with Crippen molar-refractivity contribution in [2.24, 2.45) is 17.6 Å². The number of nitrogens with one attached hydrogen (secondary N) is 5. The van der Waals surface area contributed by atoms with Crippen molar-refractivity contribution < 1.29 is 18.8 Å². The number of hydrogen-bond donors (Lipinski definition) is 6. The number of fused-ring (bicyclic) bond motifs is 1. The number of carbonyl (C=O) groups excluding carboxylic acids is 3. The Labute approximate surface area is 279 Å². The highest BCUT2D eigenvalue weighted by molar-refractivity contribution is 5.99. The number of H-pyrrole nitrogens is 1. The normalized spacial score (nSPS) is 19.0. The van der Waals surface area contributed by atoms with E-state index in [1.807, 2.05) is 49.4 Å². The SMILES string of the molecule is Cc1cc(C(=O)NC2CCNCC2)ccc1-c1ccc(C[C@H](NC(=O)C2CCC(CN)CC2)C(=O)Nc2ccc3[nH]c(=O)oc3c2)cc1. The molecule has 2 heterocycles. The molecule has 1 atom stereocenters. The molecule has 1 aliphatic heterocycles. The molecule has 0 unspecified atom stereocenters. The predicted octanol–water partition coefficient (Wildman–Crippen LogP) is 4.01. The number of nitrogens with two attached hydrogens (primary N) is 1. The Hall–Kier alpha value is -4.74. The molecule has 0 radical (unpaired) electrons. The number of aromatic amines is 1. The van der Waals surface area contributed by atoms with E-state index in [0.717, 1.165) is 73.9 Å². The lowest BCUT2D eigenvalue weighted by molar-refractivity contribution is -0.130. The van der Waals surface area contributed by atoms with E-state index in [1.54, 1.807) is 18.2 Å². The van der Waals surface area contributed by atoms with Gasteiger partial charge in [-0.25, -0.2) is 4.79 Å². The number of hydrogen-bond acceptors (Lipinski definition) is 7. The summed E-state index contributed by atoms with van der Waals surface area (Å²) in [5.74, 6) is -0.849. The van der Waals surface area contributed by atoms with Gasteiger partial charge in [0, 0.05) is 35.7 Å². The Morgan fingerprint density at radius 2 is 1.69 bits per heavy atom. The Balaban J connectivity index is 1.15. The van der Waals surface area contributed by atoms with Crippen molar-refractivity contribution >= 4 is 34.5 Å². The van der Waals surface area contributed by atoms with Gasteiger partial charge >= 0.3 is 5.76 Å². The monoisotopic (exact) mass is 652 g/mol. The number of piperidine rings is 1. The molecule has 2 aliphatic rings. The van der Waals surface area contributed by atoms with Gasteiger partial charge in [0.2, 0.25) is 11.8 Å². The summed E-state index contributed by atoms with van der Waals surface area (Å²) in [6.07, 6.45) is 5.44. The Kier molecular flexibility index (Phi) is 10.4. The third-order valence-electron chi connectivity index (χ3n) is 9.74. The number of benzene rings is 3. The maximum Gasteiger partial charge on any atom is 0.417 e. The Bertz CT molecular complexity index is 1820. The van der Waals surface area contributed by atoms with E-state index in [4.69, 9.17) is 10.2 Å². The second-order valence-corrected chi connectivity index (χ2v) is 13.2. The fourth-order valence-electron chi connectivity index (χ4n) is 6.83. The van der Waals surface area contributed by atoms with Crippen molar-refractivity contribution in [1.29, 1.82) is 0 Å². The highest BCUT2D eigenvalue weighted by Crippen LogP contribution is 2.29. The molecule has 7 N–H and O–H groups in total. The first kappa shape index (κ1) is 33.2. The highest BCUT2D eigenvalue weighted by Gasteiger charge is 2.29. The molecule has 6 rings (SSSR count). The minimum Gasteiger partial charge on any atom is -0.408 e. The highest BCUT2D eigenvalue weighted by atomic mass is 16.4. The summed E-state index contributed by atoms with van der Waals surface area (Å²) in [7, 11) is 0. The largest absolute Gasteiger partial charge is 0.417 e. The fourth-order valence-corrected chi connectivity index (χ4v) is 6.83. The van der Waals surface area contributed by atoms with Crippen LogP contribution < -0.4 is 32.8 Å². The lowest BCUT2D eigenvalue weighted by atomic mass is 9.81. The van der Waals surface area contributed by atoms with Crippen molar-refractivity contribution in [1.82, 2.24) is 20.9 Å². The van der Waals surface area contributed by atoms with E-state index in [1.165, 1.54) is 0 Å². The quantitative estimate of drug-likeness (QED) is 0.150. The maximum atomic E-state index is 13.6. The predicted molar refractivity (Wildman–Crippen MR) is 186 cm³/mol. The minimum atomic E-state index is -0.830. The second kappa shape index (κ2) is 15.0. The van der Waals surface area contributed by atoms with Gasteiger partial charge in [-0.15, -0.1) is 0 Å². The molecule has 1 saturated carbocycles. The van der Waals surface area contributed by atoms with Crippen molar-refractivity contribution in [3.05, 3.63) is 87.9 Å². The van der Waals surface area contributed by atoms with Crippen molar-refractivity contribution in [2.45, 2.75) is 64.0 Å². The molecule has 3 aromatic carbocycles. The average molecular weight is 653 g/mol. The van der Waals surface area contributed by atoms with Crippen LogP contribution in [0.5, 0.6) is 0 Å². The van der Waals surface area contributed by atoms with Crippen LogP contribution in [0.4, 0.5) is 5.69 Å². The van der Waals surface area contributed by atoms with Gasteiger partial charge in [0.25, 0.3) is 5.91 Å². The number of carbonyl (C=O) groups is 3. The Morgan fingerprint density at radius 3 is 2.40 bits per heavy atom. The molecule has 252 valence electrons. The van der Waals surface area contributed by atoms with Gasteiger partial charge in [0.1, 0.15) is 6.04 Å².